The van der Waals surface area contributed by atoms with Crippen LogP contribution in [-0.4, -0.2) is 24.5 Å². The quantitative estimate of drug-likeness (QED) is 0.133. The minimum atomic E-state index is -0.719. The number of hydrogen-bond acceptors (Lipinski definition) is 4. The van der Waals surface area contributed by atoms with Crippen molar-refractivity contribution in [3.63, 3.8) is 0 Å². The number of carbonyl (C=O) groups is 3. The predicted octanol–water partition coefficient (Wildman–Crippen LogP) is 7.77. The number of barbiturate groups is 1. The number of benzene rings is 3. The first-order valence-electron chi connectivity index (χ1n) is 13.0. The van der Waals surface area contributed by atoms with Crippen LogP contribution in [0.2, 0.25) is 0 Å². The molecule has 0 saturated carbocycles. The van der Waals surface area contributed by atoms with Crippen molar-refractivity contribution in [2.24, 2.45) is 0 Å². The Morgan fingerprint density at radius 1 is 0.737 bits per heavy atom. The van der Waals surface area contributed by atoms with Gasteiger partial charge >= 0.3 is 6.03 Å². The number of amides is 4. The van der Waals surface area contributed by atoms with Crippen molar-refractivity contribution < 1.29 is 19.1 Å². The summed E-state index contributed by atoms with van der Waals surface area (Å²) in [6, 6.07) is 22.0. The molecule has 1 aliphatic heterocycles. The summed E-state index contributed by atoms with van der Waals surface area (Å²) in [5.41, 5.74) is 1.23. The van der Waals surface area contributed by atoms with Crippen molar-refractivity contribution in [1.82, 2.24) is 0 Å². The van der Waals surface area contributed by atoms with E-state index in [0.29, 0.717) is 29.3 Å². The van der Waals surface area contributed by atoms with E-state index in [1.807, 2.05) is 12.1 Å². The lowest BCUT2D eigenvalue weighted by atomic mass is 10.0. The van der Waals surface area contributed by atoms with Gasteiger partial charge in [-0.05, 0) is 55.0 Å². The van der Waals surface area contributed by atoms with Gasteiger partial charge in [0.1, 0.15) is 11.3 Å². The van der Waals surface area contributed by atoms with Crippen LogP contribution in [0.5, 0.6) is 5.75 Å². The first-order valence-corrected chi connectivity index (χ1v) is 13.8. The Bertz CT molecular complexity index is 1240. The molecule has 0 atom stereocenters. The zero-order valence-electron chi connectivity index (χ0n) is 21.4. The molecule has 0 N–H and O–H groups in total. The highest BCUT2D eigenvalue weighted by Gasteiger charge is 2.43. The van der Waals surface area contributed by atoms with Gasteiger partial charge in [-0.2, -0.15) is 0 Å². The van der Waals surface area contributed by atoms with Gasteiger partial charge < -0.3 is 4.74 Å². The number of ether oxygens (including phenoxy) is 1. The minimum Gasteiger partial charge on any atom is -0.493 e. The zero-order chi connectivity index (χ0) is 26.9. The van der Waals surface area contributed by atoms with Crippen LogP contribution in [0.4, 0.5) is 16.2 Å². The molecule has 0 radical (unpaired) electrons. The first-order chi connectivity index (χ1) is 18.5. The van der Waals surface area contributed by atoms with Gasteiger partial charge in [0.2, 0.25) is 0 Å². The number of para-hydroxylation sites is 2. The highest BCUT2D eigenvalue weighted by molar-refractivity contribution is 9.10. The topological polar surface area (TPSA) is 66.9 Å². The number of imide groups is 2. The fourth-order valence-corrected chi connectivity index (χ4v) is 4.70. The van der Waals surface area contributed by atoms with Crippen molar-refractivity contribution >= 4 is 51.2 Å². The average Bonchev–Trinajstić information content (AvgIpc) is 2.93. The van der Waals surface area contributed by atoms with Crippen LogP contribution in [0.15, 0.2) is 88.9 Å². The standard InChI is InChI=1S/C31H31BrN2O4/c1-2-3-4-5-6-13-20-38-28-19-18-24(32)21-23(28)22-27-29(35)33(25-14-9-7-10-15-25)31(37)34(30(27)36)26-16-11-8-12-17-26/h7-12,14-19,21-22H,2-6,13,20H2,1H3. The van der Waals surface area contributed by atoms with Crippen LogP contribution < -0.4 is 14.5 Å². The van der Waals surface area contributed by atoms with Gasteiger partial charge in [-0.25, -0.2) is 14.6 Å². The van der Waals surface area contributed by atoms with Crippen molar-refractivity contribution in [2.75, 3.05) is 16.4 Å². The van der Waals surface area contributed by atoms with Gasteiger partial charge in [0.25, 0.3) is 11.8 Å². The molecular formula is C31H31BrN2O4. The summed E-state index contributed by atoms with van der Waals surface area (Å²) >= 11 is 3.49. The van der Waals surface area contributed by atoms with Crippen molar-refractivity contribution in [3.8, 4) is 5.75 Å². The first kappa shape index (κ1) is 27.3. The van der Waals surface area contributed by atoms with Gasteiger partial charge in [0, 0.05) is 10.0 Å². The van der Waals surface area contributed by atoms with Gasteiger partial charge in [0.15, 0.2) is 0 Å². The van der Waals surface area contributed by atoms with E-state index in [9.17, 15) is 14.4 Å². The van der Waals surface area contributed by atoms with Crippen LogP contribution in [0.3, 0.4) is 0 Å². The molecule has 0 spiro atoms. The monoisotopic (exact) mass is 574 g/mol. The third-order valence-corrected chi connectivity index (χ3v) is 6.80. The van der Waals surface area contributed by atoms with Gasteiger partial charge in [-0.3, -0.25) is 9.59 Å². The summed E-state index contributed by atoms with van der Waals surface area (Å²) in [6.07, 6.45) is 8.39. The lowest BCUT2D eigenvalue weighted by molar-refractivity contribution is -0.121. The van der Waals surface area contributed by atoms with Gasteiger partial charge in [-0.1, -0.05) is 91.4 Å². The molecule has 3 aromatic carbocycles. The van der Waals surface area contributed by atoms with Crippen molar-refractivity contribution in [2.45, 2.75) is 45.4 Å². The van der Waals surface area contributed by atoms with E-state index in [1.54, 1.807) is 66.7 Å². The Morgan fingerprint density at radius 3 is 1.87 bits per heavy atom. The third kappa shape index (κ3) is 6.40. The molecule has 0 unspecified atom stereocenters. The number of unbranched alkanes of at least 4 members (excludes halogenated alkanes) is 5. The van der Waals surface area contributed by atoms with Gasteiger partial charge in [0.05, 0.1) is 18.0 Å². The number of hydrogen-bond donors (Lipinski definition) is 0. The number of urea groups is 1. The third-order valence-electron chi connectivity index (χ3n) is 6.31. The second kappa shape index (κ2) is 13.2. The fourth-order valence-electron chi connectivity index (χ4n) is 4.32. The van der Waals surface area contributed by atoms with Gasteiger partial charge in [-0.15, -0.1) is 0 Å². The molecule has 38 heavy (non-hydrogen) atoms. The number of carbonyl (C=O) groups excluding carboxylic acids is 3. The van der Waals surface area contributed by atoms with Crippen LogP contribution in [0, 0.1) is 0 Å². The Morgan fingerprint density at radius 2 is 1.29 bits per heavy atom. The van der Waals surface area contributed by atoms with E-state index in [0.717, 1.165) is 27.1 Å². The van der Waals surface area contributed by atoms with Crippen molar-refractivity contribution in [3.05, 3.63) is 94.5 Å². The van der Waals surface area contributed by atoms with Crippen LogP contribution in [0.25, 0.3) is 6.08 Å². The van der Waals surface area contributed by atoms with Crippen molar-refractivity contribution in [1.29, 1.82) is 0 Å². The largest absolute Gasteiger partial charge is 0.493 e. The molecule has 6 nitrogen and oxygen atoms in total. The molecule has 1 aliphatic rings. The highest BCUT2D eigenvalue weighted by atomic mass is 79.9. The van der Waals surface area contributed by atoms with E-state index < -0.39 is 17.8 Å². The van der Waals surface area contributed by atoms with E-state index in [2.05, 4.69) is 22.9 Å². The molecule has 1 fully saturated rings. The minimum absolute atomic E-state index is 0.125. The molecule has 0 aliphatic carbocycles. The molecule has 1 heterocycles. The van der Waals surface area contributed by atoms with Crippen LogP contribution >= 0.6 is 15.9 Å². The van der Waals surface area contributed by atoms with E-state index in [1.165, 1.54) is 31.8 Å². The molecule has 4 rings (SSSR count). The molecule has 196 valence electrons. The molecule has 7 heteroatoms. The number of anilines is 2. The Hall–Kier alpha value is -3.71. The lowest BCUT2D eigenvalue weighted by Gasteiger charge is -2.34. The second-order valence-electron chi connectivity index (χ2n) is 9.09. The smallest absolute Gasteiger partial charge is 0.343 e. The van der Waals surface area contributed by atoms with E-state index >= 15 is 0 Å². The number of halogens is 1. The predicted molar refractivity (Wildman–Crippen MR) is 154 cm³/mol. The maximum absolute atomic E-state index is 13.6. The molecular weight excluding hydrogens is 544 g/mol. The average molecular weight is 576 g/mol. The van der Waals surface area contributed by atoms with Crippen LogP contribution in [-0.2, 0) is 9.59 Å². The normalized spacial score (nSPS) is 13.7. The van der Waals surface area contributed by atoms with E-state index in [4.69, 9.17) is 4.74 Å². The molecule has 3 aromatic rings. The molecule has 4 amide bonds. The summed E-state index contributed by atoms with van der Waals surface area (Å²) in [4.78, 5) is 42.9. The summed E-state index contributed by atoms with van der Waals surface area (Å²) in [6.45, 7) is 2.74. The molecule has 0 aromatic heterocycles. The number of rotatable bonds is 11. The SMILES string of the molecule is CCCCCCCCOc1ccc(Br)cc1C=C1C(=O)N(c2ccccc2)C(=O)N(c2ccccc2)C1=O. The Balaban J connectivity index is 1.67. The molecule has 1 saturated heterocycles. The summed E-state index contributed by atoms with van der Waals surface area (Å²) in [5, 5.41) is 0. The highest BCUT2D eigenvalue weighted by Crippen LogP contribution is 2.32. The summed E-state index contributed by atoms with van der Waals surface area (Å²) in [5.74, 6) is -0.787. The zero-order valence-corrected chi connectivity index (χ0v) is 23.0. The van der Waals surface area contributed by atoms with E-state index in [-0.39, 0.29) is 5.57 Å². The number of nitrogens with zero attached hydrogens (tertiary/aromatic N) is 2. The lowest BCUT2D eigenvalue weighted by Crippen LogP contribution is -2.57. The van der Waals surface area contributed by atoms with Crippen LogP contribution in [0.1, 0.15) is 51.0 Å². The maximum Gasteiger partial charge on any atom is 0.343 e. The summed E-state index contributed by atoms with van der Waals surface area (Å²) < 4.78 is 6.85. The fraction of sp³-hybridized carbons (Fsp3) is 0.258. The maximum atomic E-state index is 13.6. The Labute approximate surface area is 232 Å². The Kier molecular flexibility index (Phi) is 9.49. The summed E-state index contributed by atoms with van der Waals surface area (Å²) in [7, 11) is 0. The second-order valence-corrected chi connectivity index (χ2v) is 10.0. The molecule has 0 bridgehead atoms.